The molecule has 5 nitrogen and oxygen atoms in total. The van der Waals surface area contributed by atoms with Gasteiger partial charge in [0.15, 0.2) is 0 Å². The third kappa shape index (κ3) is 2.87. The van der Waals surface area contributed by atoms with Crippen LogP contribution in [0.15, 0.2) is 47.5 Å². The van der Waals surface area contributed by atoms with E-state index in [0.29, 0.717) is 16.8 Å². The van der Waals surface area contributed by atoms with Crippen molar-refractivity contribution >= 4 is 17.6 Å². The molecule has 0 aromatic heterocycles. The van der Waals surface area contributed by atoms with Crippen LogP contribution in [0.25, 0.3) is 0 Å². The lowest BCUT2D eigenvalue weighted by Gasteiger charge is -2.00. The van der Waals surface area contributed by atoms with Crippen molar-refractivity contribution in [2.24, 2.45) is 4.99 Å². The van der Waals surface area contributed by atoms with Gasteiger partial charge in [0.1, 0.15) is 6.07 Å². The fourth-order valence-electron chi connectivity index (χ4n) is 1.76. The molecule has 2 aromatic rings. The lowest BCUT2D eigenvalue weighted by Crippen LogP contribution is -1.95. The third-order valence-electron chi connectivity index (χ3n) is 2.75. The Morgan fingerprint density at radius 3 is 2.75 bits per heavy atom. The van der Waals surface area contributed by atoms with E-state index in [2.05, 4.69) is 4.99 Å². The fraction of sp³-hybridized carbons (Fsp3) is 0.0667. The average molecular weight is 265 g/mol. The largest absolute Gasteiger partial charge is 0.278 e. The monoisotopic (exact) mass is 265 g/mol. The van der Waals surface area contributed by atoms with Crippen LogP contribution >= 0.6 is 0 Å². The molecule has 0 aliphatic carbocycles. The van der Waals surface area contributed by atoms with Gasteiger partial charge < -0.3 is 0 Å². The van der Waals surface area contributed by atoms with Gasteiger partial charge in [0, 0.05) is 12.3 Å². The quantitative estimate of drug-likeness (QED) is 0.483. The van der Waals surface area contributed by atoms with E-state index in [0.717, 1.165) is 5.56 Å². The molecular weight excluding hydrogens is 254 g/mol. The van der Waals surface area contributed by atoms with Crippen LogP contribution in [-0.4, -0.2) is 11.1 Å². The van der Waals surface area contributed by atoms with Gasteiger partial charge in [-0.25, -0.2) is 0 Å². The van der Waals surface area contributed by atoms with Crippen molar-refractivity contribution in [2.45, 2.75) is 6.92 Å². The van der Waals surface area contributed by atoms with Gasteiger partial charge in [-0.3, -0.25) is 15.1 Å². The number of nitrogens with zero attached hydrogens (tertiary/aromatic N) is 3. The number of aliphatic imine (C=N–C) groups is 1. The minimum Gasteiger partial charge on any atom is -0.258 e. The molecule has 0 aliphatic rings. The molecule has 0 unspecified atom stereocenters. The van der Waals surface area contributed by atoms with E-state index in [4.69, 9.17) is 5.26 Å². The van der Waals surface area contributed by atoms with E-state index in [-0.39, 0.29) is 5.69 Å². The van der Waals surface area contributed by atoms with Crippen LogP contribution in [0.4, 0.5) is 11.4 Å². The summed E-state index contributed by atoms with van der Waals surface area (Å²) in [6.45, 7) is 1.85. The van der Waals surface area contributed by atoms with Crippen molar-refractivity contribution in [3.05, 3.63) is 69.3 Å². The molecule has 0 atom stereocenters. The van der Waals surface area contributed by atoms with E-state index in [1.54, 1.807) is 36.4 Å². The van der Waals surface area contributed by atoms with Gasteiger partial charge in [0.25, 0.3) is 5.69 Å². The Hall–Kier alpha value is -3.00. The van der Waals surface area contributed by atoms with Crippen LogP contribution in [0.1, 0.15) is 16.7 Å². The Kier molecular flexibility index (Phi) is 3.87. The molecule has 2 rings (SSSR count). The number of para-hydroxylation sites is 1. The van der Waals surface area contributed by atoms with Gasteiger partial charge in [0.2, 0.25) is 0 Å². The Bertz CT molecular complexity index is 730. The number of benzene rings is 2. The summed E-state index contributed by atoms with van der Waals surface area (Å²) in [6.07, 6.45) is 1.42. The van der Waals surface area contributed by atoms with Crippen LogP contribution in [0.2, 0.25) is 0 Å². The predicted molar refractivity (Wildman–Crippen MR) is 76.2 cm³/mol. The highest BCUT2D eigenvalue weighted by molar-refractivity contribution is 5.87. The highest BCUT2D eigenvalue weighted by Gasteiger charge is 2.11. The summed E-state index contributed by atoms with van der Waals surface area (Å²) in [4.78, 5) is 14.7. The molecule has 20 heavy (non-hydrogen) atoms. The summed E-state index contributed by atoms with van der Waals surface area (Å²) >= 11 is 0. The second-order valence-corrected chi connectivity index (χ2v) is 4.21. The van der Waals surface area contributed by atoms with Gasteiger partial charge in [-0.1, -0.05) is 18.2 Å². The molecule has 0 saturated carbocycles. The number of aryl methyl sites for hydroxylation is 1. The Labute approximate surface area is 116 Å². The van der Waals surface area contributed by atoms with E-state index in [9.17, 15) is 10.1 Å². The van der Waals surface area contributed by atoms with Gasteiger partial charge >= 0.3 is 0 Å². The number of rotatable bonds is 3. The summed E-state index contributed by atoms with van der Waals surface area (Å²) < 4.78 is 0. The van der Waals surface area contributed by atoms with E-state index in [1.807, 2.05) is 13.0 Å². The Morgan fingerprint density at radius 2 is 2.05 bits per heavy atom. The summed E-state index contributed by atoms with van der Waals surface area (Å²) in [7, 11) is 0. The summed E-state index contributed by atoms with van der Waals surface area (Å²) in [5, 5.41) is 19.9. The lowest BCUT2D eigenvalue weighted by molar-refractivity contribution is -0.385. The lowest BCUT2D eigenvalue weighted by atomic mass is 10.1. The minimum absolute atomic E-state index is 0.00575. The van der Waals surface area contributed by atoms with E-state index < -0.39 is 4.92 Å². The fourth-order valence-corrected chi connectivity index (χ4v) is 1.76. The maximum absolute atomic E-state index is 11.0. The van der Waals surface area contributed by atoms with Crippen LogP contribution in [0.5, 0.6) is 0 Å². The van der Waals surface area contributed by atoms with Crippen molar-refractivity contribution in [2.75, 3.05) is 0 Å². The second-order valence-electron chi connectivity index (χ2n) is 4.21. The summed E-state index contributed by atoms with van der Waals surface area (Å²) in [6, 6.07) is 13.7. The Morgan fingerprint density at radius 1 is 1.30 bits per heavy atom. The first-order valence-electron chi connectivity index (χ1n) is 5.90. The molecule has 5 heteroatoms. The first-order valence-corrected chi connectivity index (χ1v) is 5.90. The smallest absolute Gasteiger partial charge is 0.258 e. The van der Waals surface area contributed by atoms with Gasteiger partial charge in [-0.2, -0.15) is 5.26 Å². The maximum atomic E-state index is 11.0. The normalized spacial score (nSPS) is 10.4. The zero-order chi connectivity index (χ0) is 14.5. The molecule has 0 bridgehead atoms. The van der Waals surface area contributed by atoms with Gasteiger partial charge in [-0.15, -0.1) is 0 Å². The molecule has 0 saturated heterocycles. The SMILES string of the molecule is Cc1ccc([N+](=O)[O-])c(/C=N/c2ccccc2C#N)c1. The van der Waals surface area contributed by atoms with Crippen LogP contribution in [-0.2, 0) is 0 Å². The molecular formula is C15H11N3O2. The molecule has 0 aliphatic heterocycles. The molecule has 0 heterocycles. The molecule has 0 fully saturated rings. The minimum atomic E-state index is -0.447. The number of nitro benzene ring substituents is 1. The number of nitriles is 1. The van der Waals surface area contributed by atoms with Gasteiger partial charge in [-0.05, 0) is 30.7 Å². The van der Waals surface area contributed by atoms with E-state index >= 15 is 0 Å². The van der Waals surface area contributed by atoms with Crippen molar-refractivity contribution in [3.8, 4) is 6.07 Å². The number of hydrogen-bond acceptors (Lipinski definition) is 4. The first kappa shape index (κ1) is 13.4. The zero-order valence-electron chi connectivity index (χ0n) is 10.8. The standard InChI is InChI=1S/C15H11N3O2/c1-11-6-7-15(18(19)20)13(8-11)10-17-14-5-3-2-4-12(14)9-16/h2-8,10H,1H3/b17-10+. The molecule has 0 N–H and O–H groups in total. The number of nitro groups is 1. The van der Waals surface area contributed by atoms with Crippen LogP contribution in [0, 0.1) is 28.4 Å². The number of hydrogen-bond donors (Lipinski definition) is 0. The second kappa shape index (κ2) is 5.76. The van der Waals surface area contributed by atoms with Crippen molar-refractivity contribution in [1.29, 1.82) is 5.26 Å². The topological polar surface area (TPSA) is 79.3 Å². The predicted octanol–water partition coefficient (Wildman–Crippen LogP) is 3.53. The molecule has 98 valence electrons. The summed E-state index contributed by atoms with van der Waals surface area (Å²) in [5.74, 6) is 0. The molecule has 0 radical (unpaired) electrons. The average Bonchev–Trinajstić information content (AvgIpc) is 2.45. The van der Waals surface area contributed by atoms with Gasteiger partial charge in [0.05, 0.1) is 21.7 Å². The molecule has 2 aromatic carbocycles. The molecule has 0 amide bonds. The van der Waals surface area contributed by atoms with Crippen molar-refractivity contribution in [3.63, 3.8) is 0 Å². The first-order chi connectivity index (χ1) is 9.61. The van der Waals surface area contributed by atoms with Crippen LogP contribution in [0.3, 0.4) is 0 Å². The maximum Gasteiger partial charge on any atom is 0.278 e. The van der Waals surface area contributed by atoms with Crippen molar-refractivity contribution < 1.29 is 4.92 Å². The van der Waals surface area contributed by atoms with E-state index in [1.165, 1.54) is 12.3 Å². The van der Waals surface area contributed by atoms with Crippen molar-refractivity contribution in [1.82, 2.24) is 0 Å². The Balaban J connectivity index is 2.44. The highest BCUT2D eigenvalue weighted by atomic mass is 16.6. The zero-order valence-corrected chi connectivity index (χ0v) is 10.8. The third-order valence-corrected chi connectivity index (χ3v) is 2.75. The summed E-state index contributed by atoms with van der Waals surface area (Å²) in [5.41, 5.74) is 2.24. The van der Waals surface area contributed by atoms with Crippen LogP contribution < -0.4 is 0 Å². The highest BCUT2D eigenvalue weighted by Crippen LogP contribution is 2.21. The molecule has 0 spiro atoms.